The van der Waals surface area contributed by atoms with Gasteiger partial charge in [0.15, 0.2) is 0 Å². The summed E-state index contributed by atoms with van der Waals surface area (Å²) in [4.78, 5) is 17.0. The van der Waals surface area contributed by atoms with Gasteiger partial charge in [0.2, 0.25) is 0 Å². The predicted molar refractivity (Wildman–Crippen MR) is 85.9 cm³/mol. The maximum atomic E-state index is 13.3. The van der Waals surface area contributed by atoms with Crippen molar-refractivity contribution in [1.29, 1.82) is 0 Å². The molecule has 1 aliphatic rings. The van der Waals surface area contributed by atoms with Crippen LogP contribution in [0.1, 0.15) is 22.5 Å². The van der Waals surface area contributed by atoms with E-state index in [0.29, 0.717) is 11.4 Å². The Labute approximate surface area is 136 Å². The number of thiophene rings is 1. The van der Waals surface area contributed by atoms with E-state index in [-0.39, 0.29) is 17.8 Å². The van der Waals surface area contributed by atoms with Crippen molar-refractivity contribution in [3.05, 3.63) is 47.4 Å². The number of rotatable bonds is 3. The van der Waals surface area contributed by atoms with Gasteiger partial charge in [0.25, 0.3) is 5.91 Å². The van der Waals surface area contributed by atoms with Gasteiger partial charge < -0.3 is 4.90 Å². The fraction of sp³-hybridized carbons (Fsp3) is 0.312. The molecule has 1 atom stereocenters. The fourth-order valence-electron chi connectivity index (χ4n) is 3.08. The Hall–Kier alpha value is -2.28. The first-order valence-corrected chi connectivity index (χ1v) is 8.36. The first-order valence-electron chi connectivity index (χ1n) is 7.55. The van der Waals surface area contributed by atoms with Crippen LogP contribution in [-0.2, 0) is 6.54 Å². The second-order valence-corrected chi connectivity index (χ2v) is 6.76. The number of halogens is 1. The Kier molecular flexibility index (Phi) is 3.57. The van der Waals surface area contributed by atoms with Gasteiger partial charge in [-0.3, -0.25) is 4.79 Å². The predicted octanol–water partition coefficient (Wildman–Crippen LogP) is 2.94. The Bertz CT molecular complexity index is 845. The number of likely N-dealkylation sites (tertiary alicyclic amines) is 1. The van der Waals surface area contributed by atoms with E-state index in [2.05, 4.69) is 10.2 Å². The second kappa shape index (κ2) is 5.73. The molecule has 118 valence electrons. The number of carbonyl (C=O) groups is 1. The molecule has 1 fully saturated rings. The highest BCUT2D eigenvalue weighted by Crippen LogP contribution is 2.29. The number of fused-ring (bicyclic) bond motifs is 1. The van der Waals surface area contributed by atoms with Crippen LogP contribution in [0, 0.1) is 5.82 Å². The smallest absolute Gasteiger partial charge is 0.264 e. The van der Waals surface area contributed by atoms with E-state index in [1.54, 1.807) is 29.3 Å². The summed E-state index contributed by atoms with van der Waals surface area (Å²) < 4.78 is 14.2. The summed E-state index contributed by atoms with van der Waals surface area (Å²) >= 11 is 1.42. The van der Waals surface area contributed by atoms with Crippen LogP contribution in [0.2, 0.25) is 0 Å². The van der Waals surface area contributed by atoms with E-state index in [0.717, 1.165) is 29.5 Å². The normalized spacial score (nSPS) is 18.0. The Morgan fingerprint density at radius 1 is 1.30 bits per heavy atom. The molecule has 7 heteroatoms. The lowest BCUT2D eigenvalue weighted by molar-refractivity contribution is 0.0723. The van der Waals surface area contributed by atoms with Crippen LogP contribution in [0.3, 0.4) is 0 Å². The average Bonchev–Trinajstić information content (AvgIpc) is 3.26. The first-order chi connectivity index (χ1) is 11.2. The van der Waals surface area contributed by atoms with Crippen molar-refractivity contribution >= 4 is 27.3 Å². The molecule has 0 spiro atoms. The molecule has 0 saturated carbocycles. The third kappa shape index (κ3) is 2.72. The van der Waals surface area contributed by atoms with Gasteiger partial charge in [-0.1, -0.05) is 0 Å². The number of carbonyl (C=O) groups excluding carboxylic acids is 1. The molecule has 1 aromatic carbocycles. The second-order valence-electron chi connectivity index (χ2n) is 5.67. The molecule has 0 N–H and O–H groups in total. The van der Waals surface area contributed by atoms with E-state index in [4.69, 9.17) is 0 Å². The van der Waals surface area contributed by atoms with Crippen molar-refractivity contribution in [3.63, 3.8) is 0 Å². The van der Waals surface area contributed by atoms with E-state index < -0.39 is 0 Å². The Morgan fingerprint density at radius 3 is 2.96 bits per heavy atom. The maximum Gasteiger partial charge on any atom is 0.264 e. The van der Waals surface area contributed by atoms with E-state index in [9.17, 15) is 9.18 Å². The molecule has 3 heterocycles. The van der Waals surface area contributed by atoms with Crippen LogP contribution in [0.5, 0.6) is 0 Å². The van der Waals surface area contributed by atoms with Gasteiger partial charge in [-0.15, -0.1) is 11.3 Å². The lowest BCUT2D eigenvalue weighted by atomic mass is 10.2. The Morgan fingerprint density at radius 2 is 2.13 bits per heavy atom. The highest BCUT2D eigenvalue weighted by atomic mass is 32.1. The van der Waals surface area contributed by atoms with Gasteiger partial charge in [-0.25, -0.2) is 4.39 Å². The molecule has 4 rings (SSSR count). The minimum absolute atomic E-state index is 0.0151. The minimum atomic E-state index is -0.280. The summed E-state index contributed by atoms with van der Waals surface area (Å²) in [7, 11) is 0. The van der Waals surface area contributed by atoms with Crippen molar-refractivity contribution in [2.75, 3.05) is 6.54 Å². The molecule has 0 aliphatic carbocycles. The zero-order valence-corrected chi connectivity index (χ0v) is 13.2. The van der Waals surface area contributed by atoms with E-state index in [1.165, 1.54) is 23.5 Å². The summed E-state index contributed by atoms with van der Waals surface area (Å²) in [6.45, 7) is 1.35. The highest BCUT2D eigenvalue weighted by Gasteiger charge is 2.30. The van der Waals surface area contributed by atoms with Crippen LogP contribution < -0.4 is 0 Å². The van der Waals surface area contributed by atoms with E-state index >= 15 is 0 Å². The monoisotopic (exact) mass is 330 g/mol. The number of amides is 1. The molecular formula is C16H15FN4OS. The molecule has 23 heavy (non-hydrogen) atoms. The highest BCUT2D eigenvalue weighted by molar-refractivity contribution is 7.20. The van der Waals surface area contributed by atoms with Crippen LogP contribution in [-0.4, -0.2) is 38.4 Å². The van der Waals surface area contributed by atoms with Crippen molar-refractivity contribution in [2.45, 2.75) is 25.4 Å². The topological polar surface area (TPSA) is 51.0 Å². The molecular weight excluding hydrogens is 315 g/mol. The maximum absolute atomic E-state index is 13.3. The number of benzene rings is 1. The summed E-state index contributed by atoms with van der Waals surface area (Å²) in [5, 5.41) is 9.02. The molecule has 1 saturated heterocycles. The molecule has 1 amide bonds. The fourth-order valence-corrected chi connectivity index (χ4v) is 4.08. The van der Waals surface area contributed by atoms with Crippen molar-refractivity contribution in [1.82, 2.24) is 19.9 Å². The van der Waals surface area contributed by atoms with E-state index in [1.807, 2.05) is 4.90 Å². The number of nitrogens with zero attached hydrogens (tertiary/aromatic N) is 4. The number of hydrogen-bond donors (Lipinski definition) is 0. The summed E-state index contributed by atoms with van der Waals surface area (Å²) in [6, 6.07) is 6.51. The quantitative estimate of drug-likeness (QED) is 0.742. The largest absolute Gasteiger partial charge is 0.333 e. The van der Waals surface area contributed by atoms with Crippen LogP contribution >= 0.6 is 11.3 Å². The van der Waals surface area contributed by atoms with Crippen LogP contribution in [0.15, 0.2) is 36.7 Å². The Balaban J connectivity index is 1.58. The van der Waals surface area contributed by atoms with Gasteiger partial charge in [0.1, 0.15) is 5.82 Å². The lowest BCUT2D eigenvalue weighted by Crippen LogP contribution is -2.38. The van der Waals surface area contributed by atoms with Gasteiger partial charge in [0.05, 0.1) is 29.9 Å². The van der Waals surface area contributed by atoms with Crippen LogP contribution in [0.4, 0.5) is 4.39 Å². The molecule has 0 radical (unpaired) electrons. The number of hydrogen-bond acceptors (Lipinski definition) is 4. The third-order valence-corrected chi connectivity index (χ3v) is 5.27. The van der Waals surface area contributed by atoms with Gasteiger partial charge in [-0.2, -0.15) is 15.0 Å². The molecule has 1 unspecified atom stereocenters. The van der Waals surface area contributed by atoms with Gasteiger partial charge in [-0.05, 0) is 42.5 Å². The lowest BCUT2D eigenvalue weighted by Gasteiger charge is -2.23. The molecule has 5 nitrogen and oxygen atoms in total. The minimum Gasteiger partial charge on any atom is -0.333 e. The average molecular weight is 330 g/mol. The molecule has 1 aliphatic heterocycles. The molecule has 0 bridgehead atoms. The summed E-state index contributed by atoms with van der Waals surface area (Å²) in [5.41, 5.74) is 0. The van der Waals surface area contributed by atoms with Crippen molar-refractivity contribution < 1.29 is 9.18 Å². The van der Waals surface area contributed by atoms with Crippen molar-refractivity contribution in [3.8, 4) is 0 Å². The summed E-state index contributed by atoms with van der Waals surface area (Å²) in [5.74, 6) is -0.264. The van der Waals surface area contributed by atoms with Gasteiger partial charge >= 0.3 is 0 Å². The third-order valence-electron chi connectivity index (χ3n) is 4.17. The zero-order valence-electron chi connectivity index (χ0n) is 12.4. The molecule has 2 aromatic heterocycles. The van der Waals surface area contributed by atoms with Crippen LogP contribution in [0.25, 0.3) is 10.1 Å². The summed E-state index contributed by atoms with van der Waals surface area (Å²) in [6.07, 6.45) is 5.22. The van der Waals surface area contributed by atoms with Gasteiger partial charge in [0, 0.05) is 11.2 Å². The SMILES string of the molecule is O=C(c1cc2cc(F)ccc2s1)N1CCCC1Cn1nccn1. The standard InChI is InChI=1S/C16H15FN4OS/c17-12-3-4-14-11(8-12)9-15(23-14)16(22)20-7-1-2-13(20)10-21-18-5-6-19-21/h3-6,8-9,13H,1-2,7,10H2. The number of aromatic nitrogens is 3. The zero-order chi connectivity index (χ0) is 15.8. The van der Waals surface area contributed by atoms with Crippen molar-refractivity contribution in [2.24, 2.45) is 0 Å². The first kappa shape index (κ1) is 14.3. The molecule has 3 aromatic rings.